The maximum Gasteiger partial charge on any atom is 0.471 e. The summed E-state index contributed by atoms with van der Waals surface area (Å²) in [5.74, 6) is -2.19. The van der Waals surface area contributed by atoms with Crippen molar-refractivity contribution in [1.82, 2.24) is 5.32 Å². The number of hydrogen-bond acceptors (Lipinski definition) is 2. The molecular formula is C15H17F3N2O2. The van der Waals surface area contributed by atoms with E-state index in [-0.39, 0.29) is 24.1 Å². The van der Waals surface area contributed by atoms with E-state index in [9.17, 15) is 22.8 Å². The Bertz CT molecular complexity index is 566. The molecule has 7 heteroatoms. The molecule has 2 N–H and O–H groups in total. The monoisotopic (exact) mass is 314 g/mol. The Kier molecular flexibility index (Phi) is 6.15. The number of para-hydroxylation sites is 1. The van der Waals surface area contributed by atoms with Crippen molar-refractivity contribution in [2.45, 2.75) is 26.6 Å². The Morgan fingerprint density at radius 3 is 2.45 bits per heavy atom. The second-order valence-corrected chi connectivity index (χ2v) is 4.93. The fraction of sp³-hybridized carbons (Fsp3) is 0.333. The molecule has 0 aliphatic rings. The quantitative estimate of drug-likeness (QED) is 0.821. The van der Waals surface area contributed by atoms with Gasteiger partial charge in [-0.3, -0.25) is 9.59 Å². The third-order valence-electron chi connectivity index (χ3n) is 2.61. The molecule has 0 aliphatic carbocycles. The summed E-state index contributed by atoms with van der Waals surface area (Å²) in [7, 11) is 0. The molecule has 0 bridgehead atoms. The SMILES string of the molecule is CC(C)/C=C/C(=O)NCc1ccccc1NC(=O)C(F)(F)F. The van der Waals surface area contributed by atoms with E-state index in [1.54, 1.807) is 17.5 Å². The van der Waals surface area contributed by atoms with Gasteiger partial charge in [-0.25, -0.2) is 0 Å². The molecule has 22 heavy (non-hydrogen) atoms. The van der Waals surface area contributed by atoms with Crippen molar-refractivity contribution in [2.75, 3.05) is 5.32 Å². The van der Waals surface area contributed by atoms with Crippen LogP contribution in [0.4, 0.5) is 18.9 Å². The van der Waals surface area contributed by atoms with Gasteiger partial charge in [-0.2, -0.15) is 13.2 Å². The molecule has 0 atom stereocenters. The Balaban J connectivity index is 2.72. The largest absolute Gasteiger partial charge is 0.471 e. The fourth-order valence-electron chi connectivity index (χ4n) is 1.51. The predicted octanol–water partition coefficient (Wildman–Crippen LogP) is 3.02. The molecule has 1 rings (SSSR count). The van der Waals surface area contributed by atoms with Crippen LogP contribution in [0.25, 0.3) is 0 Å². The maximum absolute atomic E-state index is 12.3. The van der Waals surface area contributed by atoms with Crippen LogP contribution in [0.2, 0.25) is 0 Å². The summed E-state index contributed by atoms with van der Waals surface area (Å²) in [5.41, 5.74) is 0.393. The molecule has 0 fully saturated rings. The first-order chi connectivity index (χ1) is 10.2. The molecule has 120 valence electrons. The van der Waals surface area contributed by atoms with Crippen LogP contribution in [0, 0.1) is 5.92 Å². The summed E-state index contributed by atoms with van der Waals surface area (Å²) in [6.45, 7) is 3.83. The number of alkyl halides is 3. The van der Waals surface area contributed by atoms with E-state index in [0.717, 1.165) is 0 Å². The van der Waals surface area contributed by atoms with E-state index in [1.165, 1.54) is 24.3 Å². The maximum atomic E-state index is 12.3. The van der Waals surface area contributed by atoms with Crippen LogP contribution in [0.1, 0.15) is 19.4 Å². The van der Waals surface area contributed by atoms with E-state index in [2.05, 4.69) is 5.32 Å². The molecule has 2 amide bonds. The molecule has 0 spiro atoms. The number of carbonyl (C=O) groups is 2. The summed E-state index contributed by atoms with van der Waals surface area (Å²) in [5, 5.41) is 4.34. The Labute approximate surface area is 126 Å². The molecule has 0 aliphatic heterocycles. The van der Waals surface area contributed by atoms with Gasteiger partial charge in [0, 0.05) is 12.2 Å². The number of nitrogens with one attached hydrogen (secondary N) is 2. The van der Waals surface area contributed by atoms with Crippen molar-refractivity contribution in [2.24, 2.45) is 5.92 Å². The molecule has 0 aromatic heterocycles. The van der Waals surface area contributed by atoms with Gasteiger partial charge in [-0.05, 0) is 23.6 Å². The normalized spacial score (nSPS) is 11.7. The fourth-order valence-corrected chi connectivity index (χ4v) is 1.51. The molecule has 1 aromatic rings. The highest BCUT2D eigenvalue weighted by Crippen LogP contribution is 2.20. The number of hydrogen-bond donors (Lipinski definition) is 2. The van der Waals surface area contributed by atoms with Gasteiger partial charge >= 0.3 is 12.1 Å². The number of halogens is 3. The Morgan fingerprint density at radius 1 is 1.23 bits per heavy atom. The second-order valence-electron chi connectivity index (χ2n) is 4.93. The first-order valence-corrected chi connectivity index (χ1v) is 6.62. The van der Waals surface area contributed by atoms with Crippen LogP contribution >= 0.6 is 0 Å². The second kappa shape index (κ2) is 7.63. The lowest BCUT2D eigenvalue weighted by Gasteiger charge is -2.12. The lowest BCUT2D eigenvalue weighted by Crippen LogP contribution is -2.30. The molecule has 4 nitrogen and oxygen atoms in total. The van der Waals surface area contributed by atoms with Crippen molar-refractivity contribution in [3.05, 3.63) is 42.0 Å². The van der Waals surface area contributed by atoms with Gasteiger partial charge in [0.2, 0.25) is 5.91 Å². The van der Waals surface area contributed by atoms with Crippen LogP contribution in [-0.4, -0.2) is 18.0 Å². The van der Waals surface area contributed by atoms with Crippen LogP contribution in [0.15, 0.2) is 36.4 Å². The van der Waals surface area contributed by atoms with Gasteiger partial charge in [0.25, 0.3) is 0 Å². The number of benzene rings is 1. The van der Waals surface area contributed by atoms with Crippen LogP contribution < -0.4 is 10.6 Å². The van der Waals surface area contributed by atoms with Crippen LogP contribution in [0.5, 0.6) is 0 Å². The number of rotatable bonds is 5. The summed E-state index contributed by atoms with van der Waals surface area (Å²) < 4.78 is 36.8. The lowest BCUT2D eigenvalue weighted by molar-refractivity contribution is -0.167. The zero-order valence-corrected chi connectivity index (χ0v) is 12.2. The van der Waals surface area contributed by atoms with Gasteiger partial charge in [-0.1, -0.05) is 38.1 Å². The average molecular weight is 314 g/mol. The van der Waals surface area contributed by atoms with E-state index in [1.807, 2.05) is 13.8 Å². The Hall–Kier alpha value is -2.31. The topological polar surface area (TPSA) is 58.2 Å². The minimum absolute atomic E-state index is 0.00950. The summed E-state index contributed by atoms with van der Waals surface area (Å²) in [6.07, 6.45) is -1.90. The molecule has 0 saturated heterocycles. The first kappa shape index (κ1) is 17.7. The molecular weight excluding hydrogens is 297 g/mol. The minimum Gasteiger partial charge on any atom is -0.348 e. The van der Waals surface area contributed by atoms with Gasteiger partial charge < -0.3 is 10.6 Å². The van der Waals surface area contributed by atoms with Gasteiger partial charge in [0.1, 0.15) is 0 Å². The highest BCUT2D eigenvalue weighted by Gasteiger charge is 2.38. The lowest BCUT2D eigenvalue weighted by atomic mass is 10.1. The summed E-state index contributed by atoms with van der Waals surface area (Å²) >= 11 is 0. The third kappa shape index (κ3) is 5.99. The van der Waals surface area contributed by atoms with E-state index in [0.29, 0.717) is 5.56 Å². The van der Waals surface area contributed by atoms with Crippen molar-refractivity contribution in [3.63, 3.8) is 0 Å². The molecule has 0 radical (unpaired) electrons. The van der Waals surface area contributed by atoms with E-state index >= 15 is 0 Å². The van der Waals surface area contributed by atoms with Gasteiger partial charge in [0.15, 0.2) is 0 Å². The molecule has 1 aromatic carbocycles. The van der Waals surface area contributed by atoms with Crippen molar-refractivity contribution >= 4 is 17.5 Å². The van der Waals surface area contributed by atoms with Gasteiger partial charge in [0.05, 0.1) is 0 Å². The van der Waals surface area contributed by atoms with Crippen molar-refractivity contribution in [3.8, 4) is 0 Å². The summed E-state index contributed by atoms with van der Waals surface area (Å²) in [4.78, 5) is 22.5. The van der Waals surface area contributed by atoms with Crippen LogP contribution in [-0.2, 0) is 16.1 Å². The third-order valence-corrected chi connectivity index (χ3v) is 2.61. The predicted molar refractivity (Wildman–Crippen MR) is 77.0 cm³/mol. The zero-order chi connectivity index (χ0) is 16.8. The van der Waals surface area contributed by atoms with Gasteiger partial charge in [-0.15, -0.1) is 0 Å². The van der Waals surface area contributed by atoms with E-state index in [4.69, 9.17) is 0 Å². The zero-order valence-electron chi connectivity index (χ0n) is 12.2. The van der Waals surface area contributed by atoms with Crippen LogP contribution in [0.3, 0.4) is 0 Å². The molecule has 0 heterocycles. The highest BCUT2D eigenvalue weighted by atomic mass is 19.4. The molecule has 0 saturated carbocycles. The summed E-state index contributed by atoms with van der Waals surface area (Å²) in [6, 6.07) is 5.97. The van der Waals surface area contributed by atoms with E-state index < -0.39 is 12.1 Å². The first-order valence-electron chi connectivity index (χ1n) is 6.62. The van der Waals surface area contributed by atoms with Crippen molar-refractivity contribution in [1.29, 1.82) is 0 Å². The number of anilines is 1. The number of amides is 2. The highest BCUT2D eigenvalue weighted by molar-refractivity contribution is 5.95. The molecule has 0 unspecified atom stereocenters. The number of carbonyl (C=O) groups excluding carboxylic acids is 2. The standard InChI is InChI=1S/C15H17F3N2O2/c1-10(2)7-8-13(21)19-9-11-5-3-4-6-12(11)20-14(22)15(16,17)18/h3-8,10H,9H2,1-2H3,(H,19,21)(H,20,22)/b8-7+. The number of allylic oxidation sites excluding steroid dienone is 1. The van der Waals surface area contributed by atoms with Crippen molar-refractivity contribution < 1.29 is 22.8 Å². The Morgan fingerprint density at radius 2 is 1.86 bits per heavy atom. The minimum atomic E-state index is -4.96. The smallest absolute Gasteiger partial charge is 0.348 e. The average Bonchev–Trinajstić information content (AvgIpc) is 2.43.